The zero-order valence-corrected chi connectivity index (χ0v) is 23.3. The molecule has 206 valence electrons. The summed E-state index contributed by atoms with van der Waals surface area (Å²) in [5.74, 6) is -1.33. The number of rotatable bonds is 2. The Morgan fingerprint density at radius 2 is 1.85 bits per heavy atom. The van der Waals surface area contributed by atoms with Crippen molar-refractivity contribution in [2.75, 3.05) is 0 Å². The normalized spacial score (nSPS) is 39.1. The fraction of sp³-hybridized carbons (Fsp3) is 0.424. The molecule has 3 N–H and O–H groups in total. The van der Waals surface area contributed by atoms with Gasteiger partial charge in [-0.2, -0.15) is 0 Å². The molecule has 7 heteroatoms. The maximum absolute atomic E-state index is 14.4. The van der Waals surface area contributed by atoms with Gasteiger partial charge in [0.15, 0.2) is 0 Å². The van der Waals surface area contributed by atoms with Gasteiger partial charge in [-0.15, -0.1) is 0 Å². The summed E-state index contributed by atoms with van der Waals surface area (Å²) in [6.45, 7) is 8.10. The average molecular weight is 538 g/mol. The van der Waals surface area contributed by atoms with Crippen LogP contribution in [0.25, 0.3) is 10.9 Å². The molecule has 1 saturated carbocycles. The highest BCUT2D eigenvalue weighted by Gasteiger charge is 2.77. The summed E-state index contributed by atoms with van der Waals surface area (Å²) in [6, 6.07) is 11.6. The first-order valence-corrected chi connectivity index (χ1v) is 14.3. The van der Waals surface area contributed by atoms with Gasteiger partial charge in [0, 0.05) is 40.7 Å². The molecule has 1 aliphatic carbocycles. The van der Waals surface area contributed by atoms with E-state index in [1.165, 1.54) is 0 Å². The number of ether oxygens (including phenoxy) is 1. The average Bonchev–Trinajstić information content (AvgIpc) is 3.26. The number of carbonyl (C=O) groups is 3. The van der Waals surface area contributed by atoms with E-state index < -0.39 is 17.0 Å². The minimum absolute atomic E-state index is 0.0502. The first-order chi connectivity index (χ1) is 19.2. The standard InChI is InChI=1S/C33H35N3O4/c1-17-8-7-10-22-30-32(4,40-30)19(3)27-25(15-20-16-34-23-11-6-5-9-21(20)23)36-31(39)33(22,27)26-13-12-24(35-26)29(38)28(37)18(2)14-17/h5-7,9-14,16-17,19,22,25,27,30,34-35H,8,15H2,1-4H3,(H,36,39)/b10-7-,18-14-/t17-,19-,22-,25-,27-,30-,32+,33+/m0/s1. The van der Waals surface area contributed by atoms with Crippen LogP contribution in [0.15, 0.2) is 66.4 Å². The fourth-order valence-corrected chi connectivity index (χ4v) is 8.12. The van der Waals surface area contributed by atoms with Crippen molar-refractivity contribution >= 4 is 28.4 Å². The quantitative estimate of drug-likeness (QED) is 0.248. The Balaban J connectivity index is 1.39. The molecule has 0 unspecified atom stereocenters. The summed E-state index contributed by atoms with van der Waals surface area (Å²) in [7, 11) is 0. The predicted octanol–water partition coefficient (Wildman–Crippen LogP) is 4.81. The lowest BCUT2D eigenvalue weighted by atomic mass is 9.52. The highest BCUT2D eigenvalue weighted by Crippen LogP contribution is 2.66. The van der Waals surface area contributed by atoms with Gasteiger partial charge >= 0.3 is 0 Å². The molecule has 1 aromatic carbocycles. The van der Waals surface area contributed by atoms with Crippen molar-refractivity contribution in [3.8, 4) is 0 Å². The number of hydrogen-bond donors (Lipinski definition) is 3. The molecule has 7 nitrogen and oxygen atoms in total. The van der Waals surface area contributed by atoms with Gasteiger partial charge in [0.25, 0.3) is 0 Å². The van der Waals surface area contributed by atoms with Crippen LogP contribution in [0.4, 0.5) is 0 Å². The van der Waals surface area contributed by atoms with Crippen LogP contribution in [0.3, 0.4) is 0 Å². The van der Waals surface area contributed by atoms with E-state index >= 15 is 0 Å². The third kappa shape index (κ3) is 3.36. The Hall–Kier alpha value is -3.71. The molecule has 40 heavy (non-hydrogen) atoms. The number of aromatic amines is 2. The van der Waals surface area contributed by atoms with Gasteiger partial charge < -0.3 is 20.0 Å². The molecular weight excluding hydrogens is 502 g/mol. The van der Waals surface area contributed by atoms with Crippen LogP contribution in [-0.2, 0) is 26.2 Å². The number of Topliss-reactive ketones (excluding diaryl/α,β-unsaturated/α-hetero) is 2. The Kier molecular flexibility index (Phi) is 5.46. The van der Waals surface area contributed by atoms with E-state index in [0.717, 1.165) is 16.5 Å². The number of allylic oxidation sites excluding steroid dienone is 3. The molecule has 1 spiro atoms. The number of ketones is 2. The first-order valence-electron chi connectivity index (χ1n) is 14.3. The van der Waals surface area contributed by atoms with Crippen molar-refractivity contribution in [1.29, 1.82) is 0 Å². The molecular formula is C33H35N3O4. The fourth-order valence-electron chi connectivity index (χ4n) is 8.12. The molecule has 0 radical (unpaired) electrons. The van der Waals surface area contributed by atoms with Crippen molar-refractivity contribution < 1.29 is 19.1 Å². The van der Waals surface area contributed by atoms with Gasteiger partial charge in [0.1, 0.15) is 5.41 Å². The largest absolute Gasteiger partial charge is 0.365 e. The van der Waals surface area contributed by atoms with Crippen molar-refractivity contribution in [1.82, 2.24) is 15.3 Å². The first kappa shape index (κ1) is 25.3. The number of H-pyrrole nitrogens is 2. The molecule has 3 aliphatic heterocycles. The van der Waals surface area contributed by atoms with Crippen molar-refractivity contribution in [2.24, 2.45) is 23.7 Å². The van der Waals surface area contributed by atoms with Crippen molar-refractivity contribution in [3.05, 3.63) is 83.3 Å². The Labute approximate surface area is 233 Å². The van der Waals surface area contributed by atoms with Crippen LogP contribution in [0.5, 0.6) is 0 Å². The van der Waals surface area contributed by atoms with E-state index in [1.54, 1.807) is 13.0 Å². The minimum atomic E-state index is -0.964. The van der Waals surface area contributed by atoms with Crippen LogP contribution in [-0.4, -0.2) is 45.2 Å². The number of amides is 1. The third-order valence-corrected chi connectivity index (χ3v) is 10.3. The molecule has 1 amide bonds. The predicted molar refractivity (Wildman–Crippen MR) is 152 cm³/mol. The number of nitrogens with one attached hydrogen (secondary N) is 3. The number of carbonyl (C=O) groups excluding carboxylic acids is 3. The molecule has 2 saturated heterocycles. The van der Waals surface area contributed by atoms with Gasteiger partial charge in [-0.3, -0.25) is 14.4 Å². The lowest BCUT2D eigenvalue weighted by Gasteiger charge is -2.46. The van der Waals surface area contributed by atoms with Gasteiger partial charge in [0.05, 0.1) is 17.4 Å². The number of fused-ring (bicyclic) bond motifs is 5. The lowest BCUT2D eigenvalue weighted by Crippen LogP contribution is -2.57. The van der Waals surface area contributed by atoms with E-state index in [4.69, 9.17) is 4.74 Å². The molecule has 3 fully saturated rings. The topological polar surface area (TPSA) is 107 Å². The van der Waals surface area contributed by atoms with E-state index in [9.17, 15) is 14.4 Å². The third-order valence-electron chi connectivity index (χ3n) is 10.3. The lowest BCUT2D eigenvalue weighted by molar-refractivity contribution is -0.127. The molecule has 2 bridgehead atoms. The van der Waals surface area contributed by atoms with Gasteiger partial charge in [0.2, 0.25) is 17.5 Å². The minimum Gasteiger partial charge on any atom is -0.365 e. The molecule has 7 rings (SSSR count). The SMILES string of the molecule is C/C1=C/[C@@H](C)C/C=C\[C@H]2[C@@H]3O[C@]3(C)[C@@H](C)[C@H]3[C@H](Cc4c[nH]c5ccccc45)NC(=O)[C@]32c2ccc([nH]2)C(=O)C1=O. The number of benzene rings is 1. The Bertz CT molecular complexity index is 1630. The van der Waals surface area contributed by atoms with Crippen LogP contribution >= 0.6 is 0 Å². The summed E-state index contributed by atoms with van der Waals surface area (Å²) in [4.78, 5) is 47.3. The zero-order chi connectivity index (χ0) is 28.0. The van der Waals surface area contributed by atoms with E-state index in [2.05, 4.69) is 53.4 Å². The van der Waals surface area contributed by atoms with Crippen LogP contribution in [0.2, 0.25) is 0 Å². The maximum atomic E-state index is 14.4. The van der Waals surface area contributed by atoms with E-state index in [1.807, 2.05) is 37.4 Å². The second kappa shape index (κ2) is 8.64. The Morgan fingerprint density at radius 1 is 1.05 bits per heavy atom. The van der Waals surface area contributed by atoms with E-state index in [-0.39, 0.29) is 53.0 Å². The monoisotopic (exact) mass is 537 g/mol. The second-order valence-corrected chi connectivity index (χ2v) is 12.5. The summed E-state index contributed by atoms with van der Waals surface area (Å²) in [5, 5.41) is 4.57. The van der Waals surface area contributed by atoms with Gasteiger partial charge in [-0.1, -0.05) is 50.3 Å². The van der Waals surface area contributed by atoms with Crippen LogP contribution < -0.4 is 5.32 Å². The van der Waals surface area contributed by atoms with E-state index in [0.29, 0.717) is 24.1 Å². The molecule has 5 heterocycles. The second-order valence-electron chi connectivity index (χ2n) is 12.5. The highest BCUT2D eigenvalue weighted by molar-refractivity contribution is 6.48. The molecule has 2 aromatic heterocycles. The Morgan fingerprint density at radius 3 is 2.67 bits per heavy atom. The number of epoxide rings is 1. The molecule has 4 aliphatic rings. The van der Waals surface area contributed by atoms with Crippen molar-refractivity contribution in [3.63, 3.8) is 0 Å². The molecule has 8 atom stereocenters. The van der Waals surface area contributed by atoms with Gasteiger partial charge in [-0.25, -0.2) is 0 Å². The highest BCUT2D eigenvalue weighted by atomic mass is 16.6. The van der Waals surface area contributed by atoms with Crippen molar-refractivity contribution in [2.45, 2.75) is 63.7 Å². The summed E-state index contributed by atoms with van der Waals surface area (Å²) in [6.07, 6.45) is 9.47. The zero-order valence-electron chi connectivity index (χ0n) is 23.3. The number of hydrogen-bond acceptors (Lipinski definition) is 4. The van der Waals surface area contributed by atoms with Crippen LogP contribution in [0.1, 0.15) is 55.9 Å². The van der Waals surface area contributed by atoms with Crippen LogP contribution in [0, 0.1) is 23.7 Å². The summed E-state index contributed by atoms with van der Waals surface area (Å²) >= 11 is 0. The molecule has 3 aromatic rings. The maximum Gasteiger partial charge on any atom is 0.249 e. The number of aromatic nitrogens is 2. The summed E-state index contributed by atoms with van der Waals surface area (Å²) < 4.78 is 6.48. The number of para-hydroxylation sites is 1. The summed E-state index contributed by atoms with van der Waals surface area (Å²) in [5.41, 5.74) is 2.28. The van der Waals surface area contributed by atoms with Gasteiger partial charge in [-0.05, 0) is 67.9 Å². The smallest absolute Gasteiger partial charge is 0.249 e.